The van der Waals surface area contributed by atoms with Crippen LogP contribution in [0.4, 0.5) is 14.9 Å². The number of esters is 1. The number of unbranched alkanes of at least 4 members (excludes halogenated alkanes) is 1. The Bertz CT molecular complexity index is 979. The molecule has 0 bridgehead atoms. The summed E-state index contributed by atoms with van der Waals surface area (Å²) in [6.45, 7) is 9.20. The molecule has 0 spiro atoms. The fraction of sp³-hybridized carbons (Fsp3) is 0.577. The third-order valence-corrected chi connectivity index (χ3v) is 5.05. The Balaban J connectivity index is 2.73. The normalized spacial score (nSPS) is 12.6. The van der Waals surface area contributed by atoms with Crippen LogP contribution in [0.5, 0.6) is 0 Å². The third-order valence-electron chi connectivity index (χ3n) is 5.05. The molecule has 1 aromatic carbocycles. The number of anilines is 1. The monoisotopic (exact) mass is 538 g/mol. The molecule has 0 aromatic heterocycles. The van der Waals surface area contributed by atoms with Gasteiger partial charge in [-0.05, 0) is 64.5 Å². The van der Waals surface area contributed by atoms with Gasteiger partial charge in [0.25, 0.3) is 0 Å². The van der Waals surface area contributed by atoms with Gasteiger partial charge in [-0.1, -0.05) is 26.0 Å². The molecule has 0 aliphatic carbocycles. The van der Waals surface area contributed by atoms with Crippen molar-refractivity contribution in [2.75, 3.05) is 19.0 Å². The number of carbonyl (C=O) groups is 5. The highest BCUT2D eigenvalue weighted by molar-refractivity contribution is 6.40. The molecule has 38 heavy (non-hydrogen) atoms. The number of para-hydroxylation sites is 1. The van der Waals surface area contributed by atoms with E-state index >= 15 is 0 Å². The van der Waals surface area contributed by atoms with Gasteiger partial charge >= 0.3 is 23.9 Å². The molecular weight excluding hydrogens is 499 g/mol. The van der Waals surface area contributed by atoms with Crippen LogP contribution in [0.2, 0.25) is 0 Å². The summed E-state index contributed by atoms with van der Waals surface area (Å²) in [6, 6.07) is 3.21. The topological polar surface area (TPSA) is 152 Å². The van der Waals surface area contributed by atoms with E-state index in [2.05, 4.69) is 21.3 Å². The first-order chi connectivity index (χ1) is 17.7. The van der Waals surface area contributed by atoms with Gasteiger partial charge in [0.15, 0.2) is 0 Å². The molecule has 2 atom stereocenters. The van der Waals surface area contributed by atoms with Gasteiger partial charge in [-0.2, -0.15) is 0 Å². The van der Waals surface area contributed by atoms with Crippen molar-refractivity contribution in [2.24, 2.45) is 5.92 Å². The van der Waals surface area contributed by atoms with Crippen LogP contribution < -0.4 is 21.3 Å². The van der Waals surface area contributed by atoms with Gasteiger partial charge in [-0.3, -0.25) is 14.4 Å². The largest absolute Gasteiger partial charge is 0.467 e. The van der Waals surface area contributed by atoms with Gasteiger partial charge in [-0.15, -0.1) is 0 Å². The molecule has 0 saturated carbocycles. The number of ether oxygens (including phenoxy) is 2. The number of hydrogen-bond acceptors (Lipinski definition) is 7. The Hall–Kier alpha value is -3.70. The van der Waals surface area contributed by atoms with Gasteiger partial charge in [0.1, 0.15) is 23.5 Å². The second-order valence-electron chi connectivity index (χ2n) is 10.1. The van der Waals surface area contributed by atoms with Crippen LogP contribution in [0.3, 0.4) is 0 Å². The van der Waals surface area contributed by atoms with E-state index < -0.39 is 53.3 Å². The van der Waals surface area contributed by atoms with Gasteiger partial charge in [-0.25, -0.2) is 14.0 Å². The highest BCUT2D eigenvalue weighted by Crippen LogP contribution is 2.13. The number of carbonyl (C=O) groups excluding carboxylic acids is 5. The standard InChI is InChI=1S/C26H39FN4O7/c1-16(2)15-20(31-23(34)22(33)29-18-12-8-7-11-17(18)27)21(32)30-19(24(35)37-6)13-9-10-14-28-25(36)38-26(3,4)5/h7-8,11-12,16,19-20H,9-10,13-15H2,1-6H3,(H,28,36)(H,29,33)(H,30,32)(H,31,34)/t19-,20-/m0/s1. The first-order valence-corrected chi connectivity index (χ1v) is 12.4. The fourth-order valence-corrected chi connectivity index (χ4v) is 3.31. The molecule has 0 aliphatic rings. The lowest BCUT2D eigenvalue weighted by Gasteiger charge is -2.23. The molecule has 212 valence electrons. The van der Waals surface area contributed by atoms with Crippen LogP contribution in [0, 0.1) is 11.7 Å². The van der Waals surface area contributed by atoms with Crippen molar-refractivity contribution < 1.29 is 37.8 Å². The Morgan fingerprint density at radius 2 is 1.61 bits per heavy atom. The minimum absolute atomic E-state index is 0.0452. The van der Waals surface area contributed by atoms with Crippen LogP contribution in [0.25, 0.3) is 0 Å². The van der Waals surface area contributed by atoms with Crippen LogP contribution in [-0.2, 0) is 28.7 Å². The Morgan fingerprint density at radius 3 is 2.18 bits per heavy atom. The molecule has 0 heterocycles. The minimum atomic E-state index is -1.14. The summed E-state index contributed by atoms with van der Waals surface area (Å²) in [5, 5.41) is 9.71. The molecule has 0 aliphatic heterocycles. The molecule has 0 radical (unpaired) electrons. The van der Waals surface area contributed by atoms with Crippen LogP contribution in [0.15, 0.2) is 24.3 Å². The zero-order valence-corrected chi connectivity index (χ0v) is 22.8. The Labute approximate surface area is 222 Å². The molecule has 11 nitrogen and oxygen atoms in total. The predicted molar refractivity (Wildman–Crippen MR) is 138 cm³/mol. The number of amides is 4. The van der Waals surface area contributed by atoms with Gasteiger partial charge in [0.05, 0.1) is 12.8 Å². The lowest BCUT2D eigenvalue weighted by atomic mass is 10.0. The highest BCUT2D eigenvalue weighted by Gasteiger charge is 2.29. The maximum Gasteiger partial charge on any atom is 0.407 e. The lowest BCUT2D eigenvalue weighted by molar-refractivity contribution is -0.146. The van der Waals surface area contributed by atoms with Crippen molar-refractivity contribution in [1.82, 2.24) is 16.0 Å². The average Bonchev–Trinajstić information content (AvgIpc) is 2.81. The maximum absolute atomic E-state index is 13.8. The summed E-state index contributed by atoms with van der Waals surface area (Å²) >= 11 is 0. The Kier molecular flexibility index (Phi) is 13.2. The molecular formula is C26H39FN4O7. The number of alkyl carbamates (subject to hydrolysis) is 1. The van der Waals surface area contributed by atoms with Crippen LogP contribution >= 0.6 is 0 Å². The summed E-state index contributed by atoms with van der Waals surface area (Å²) in [5.41, 5.74) is -0.797. The number of benzene rings is 1. The fourth-order valence-electron chi connectivity index (χ4n) is 3.31. The SMILES string of the molecule is COC(=O)[C@H](CCCCNC(=O)OC(C)(C)C)NC(=O)[C@H](CC(C)C)NC(=O)C(=O)Nc1ccccc1F. The molecule has 0 fully saturated rings. The third kappa shape index (κ3) is 12.5. The van der Waals surface area contributed by atoms with Crippen molar-refractivity contribution in [3.05, 3.63) is 30.1 Å². The predicted octanol–water partition coefficient (Wildman–Crippen LogP) is 2.65. The van der Waals surface area contributed by atoms with E-state index in [1.54, 1.807) is 20.8 Å². The molecule has 12 heteroatoms. The minimum Gasteiger partial charge on any atom is -0.467 e. The number of hydrogen-bond donors (Lipinski definition) is 4. The van der Waals surface area contributed by atoms with Crippen LogP contribution in [0.1, 0.15) is 60.3 Å². The first-order valence-electron chi connectivity index (χ1n) is 12.4. The van der Waals surface area contributed by atoms with Crippen molar-refractivity contribution in [2.45, 2.75) is 78.0 Å². The smallest absolute Gasteiger partial charge is 0.407 e. The second-order valence-corrected chi connectivity index (χ2v) is 10.1. The quantitative estimate of drug-likeness (QED) is 0.181. The van der Waals surface area contributed by atoms with Crippen LogP contribution in [-0.4, -0.2) is 61.1 Å². The molecule has 4 N–H and O–H groups in total. The zero-order valence-electron chi connectivity index (χ0n) is 22.8. The summed E-state index contributed by atoms with van der Waals surface area (Å²) in [4.78, 5) is 61.7. The Morgan fingerprint density at radius 1 is 0.947 bits per heavy atom. The van der Waals surface area contributed by atoms with E-state index in [4.69, 9.17) is 9.47 Å². The summed E-state index contributed by atoms with van der Waals surface area (Å²) in [6.07, 6.45) is 0.803. The van der Waals surface area contributed by atoms with E-state index in [9.17, 15) is 28.4 Å². The van der Waals surface area contributed by atoms with Crippen molar-refractivity contribution in [1.29, 1.82) is 0 Å². The zero-order chi connectivity index (χ0) is 28.9. The van der Waals surface area contributed by atoms with E-state index in [0.717, 1.165) is 6.07 Å². The lowest BCUT2D eigenvalue weighted by Crippen LogP contribution is -2.54. The number of methoxy groups -OCH3 is 1. The van der Waals surface area contributed by atoms with Crippen molar-refractivity contribution >= 4 is 35.5 Å². The van der Waals surface area contributed by atoms with E-state index in [1.807, 2.05) is 13.8 Å². The molecule has 1 aromatic rings. The second kappa shape index (κ2) is 15.5. The first kappa shape index (κ1) is 32.3. The molecule has 4 amide bonds. The van der Waals surface area contributed by atoms with Crippen molar-refractivity contribution in [3.8, 4) is 0 Å². The van der Waals surface area contributed by atoms with E-state index in [0.29, 0.717) is 19.4 Å². The highest BCUT2D eigenvalue weighted by atomic mass is 19.1. The maximum atomic E-state index is 13.8. The van der Waals surface area contributed by atoms with Gasteiger partial charge in [0, 0.05) is 6.54 Å². The summed E-state index contributed by atoms with van der Waals surface area (Å²) < 4.78 is 23.7. The van der Waals surface area contributed by atoms with Gasteiger partial charge in [0.2, 0.25) is 5.91 Å². The molecule has 0 unspecified atom stereocenters. The van der Waals surface area contributed by atoms with E-state index in [-0.39, 0.29) is 24.4 Å². The molecule has 0 saturated heterocycles. The van der Waals surface area contributed by atoms with Crippen molar-refractivity contribution in [3.63, 3.8) is 0 Å². The van der Waals surface area contributed by atoms with E-state index in [1.165, 1.54) is 25.3 Å². The summed E-state index contributed by atoms with van der Waals surface area (Å²) in [7, 11) is 1.19. The number of rotatable bonds is 12. The number of nitrogens with one attached hydrogen (secondary N) is 4. The molecule has 1 rings (SSSR count). The number of halogens is 1. The van der Waals surface area contributed by atoms with Gasteiger partial charge < -0.3 is 30.7 Å². The average molecular weight is 539 g/mol. The summed E-state index contributed by atoms with van der Waals surface area (Å²) in [5.74, 6) is -4.38.